The van der Waals surface area contributed by atoms with Crippen LogP contribution in [0.4, 0.5) is 13.2 Å². The second-order valence-corrected chi connectivity index (χ2v) is 4.97. The van der Waals surface area contributed by atoms with Crippen LogP contribution in [0.25, 0.3) is 0 Å². The molecule has 5 heteroatoms. The normalized spacial score (nSPS) is 12.1. The van der Waals surface area contributed by atoms with Gasteiger partial charge < -0.3 is 5.32 Å². The van der Waals surface area contributed by atoms with E-state index < -0.39 is 11.7 Å². The lowest BCUT2D eigenvalue weighted by Crippen LogP contribution is -2.12. The van der Waals surface area contributed by atoms with Crippen molar-refractivity contribution in [3.8, 4) is 0 Å². The van der Waals surface area contributed by atoms with Gasteiger partial charge in [0.1, 0.15) is 0 Å². The first-order valence-corrected chi connectivity index (χ1v) is 6.69. The third kappa shape index (κ3) is 4.00. The van der Waals surface area contributed by atoms with Gasteiger partial charge in [-0.2, -0.15) is 13.2 Å². The lowest BCUT2D eigenvalue weighted by molar-refractivity contribution is -0.137. The Morgan fingerprint density at radius 2 is 2.00 bits per heavy atom. The zero-order chi connectivity index (χ0) is 12.9. The van der Waals surface area contributed by atoms with Gasteiger partial charge in [-0.15, -0.1) is 11.3 Å². The second kappa shape index (κ2) is 6.40. The van der Waals surface area contributed by atoms with Crippen LogP contribution in [0.5, 0.6) is 0 Å². The molecule has 0 aliphatic rings. The minimum Gasteiger partial charge on any atom is -0.320 e. The predicted octanol–water partition coefficient (Wildman–Crippen LogP) is 3.87. The summed E-state index contributed by atoms with van der Waals surface area (Å²) in [6.07, 6.45) is -1.33. The molecule has 0 spiro atoms. The van der Waals surface area contributed by atoms with Crippen LogP contribution in [0.3, 0.4) is 0 Å². The van der Waals surface area contributed by atoms with Crippen LogP contribution in [-0.4, -0.2) is 13.6 Å². The van der Waals surface area contributed by atoms with Crippen LogP contribution >= 0.6 is 11.3 Å². The Labute approximate surface area is 104 Å². The molecule has 0 atom stereocenters. The number of hydrogen-bond donors (Lipinski definition) is 1. The zero-order valence-corrected chi connectivity index (χ0v) is 11.0. The van der Waals surface area contributed by atoms with Gasteiger partial charge in [0, 0.05) is 10.3 Å². The minimum atomic E-state index is -4.21. The van der Waals surface area contributed by atoms with E-state index in [0.717, 1.165) is 30.7 Å². The summed E-state index contributed by atoms with van der Waals surface area (Å²) in [6, 6.07) is 0. The summed E-state index contributed by atoms with van der Waals surface area (Å²) in [4.78, 5) is 0.899. The van der Waals surface area contributed by atoms with Crippen LogP contribution in [0.1, 0.15) is 35.8 Å². The molecular formula is C12H18F3NS. The van der Waals surface area contributed by atoms with Gasteiger partial charge in [0.25, 0.3) is 0 Å². The average molecular weight is 265 g/mol. The molecule has 1 heterocycles. The van der Waals surface area contributed by atoms with Gasteiger partial charge >= 0.3 is 6.18 Å². The quantitative estimate of drug-likeness (QED) is 0.770. The highest BCUT2D eigenvalue weighted by molar-refractivity contribution is 7.10. The Morgan fingerprint density at radius 3 is 2.53 bits per heavy atom. The van der Waals surface area contributed by atoms with Crippen LogP contribution in [0.15, 0.2) is 5.38 Å². The van der Waals surface area contributed by atoms with Crippen LogP contribution in [0, 0.1) is 0 Å². The van der Waals surface area contributed by atoms with Crippen molar-refractivity contribution < 1.29 is 13.2 Å². The van der Waals surface area contributed by atoms with Crippen molar-refractivity contribution >= 4 is 11.3 Å². The van der Waals surface area contributed by atoms with Crippen molar-refractivity contribution in [1.82, 2.24) is 5.32 Å². The highest BCUT2D eigenvalue weighted by atomic mass is 32.1. The number of nitrogens with one attached hydrogen (secondary N) is 1. The van der Waals surface area contributed by atoms with Gasteiger partial charge in [-0.3, -0.25) is 0 Å². The zero-order valence-electron chi connectivity index (χ0n) is 10.2. The number of thiophene rings is 1. The van der Waals surface area contributed by atoms with E-state index in [0.29, 0.717) is 12.0 Å². The lowest BCUT2D eigenvalue weighted by Gasteiger charge is -2.10. The number of alkyl halides is 3. The topological polar surface area (TPSA) is 12.0 Å². The molecule has 0 aromatic carbocycles. The highest BCUT2D eigenvalue weighted by Crippen LogP contribution is 2.37. The van der Waals surface area contributed by atoms with Crippen molar-refractivity contribution in [2.45, 2.75) is 38.8 Å². The molecule has 0 aliphatic carbocycles. The molecule has 0 amide bonds. The Balaban J connectivity index is 2.89. The van der Waals surface area contributed by atoms with Crippen molar-refractivity contribution in [2.24, 2.45) is 0 Å². The summed E-state index contributed by atoms with van der Waals surface area (Å²) < 4.78 is 38.4. The first kappa shape index (κ1) is 14.5. The van der Waals surface area contributed by atoms with Crippen LogP contribution in [0.2, 0.25) is 0 Å². The molecule has 17 heavy (non-hydrogen) atoms. The lowest BCUT2D eigenvalue weighted by atomic mass is 10.0. The van der Waals surface area contributed by atoms with E-state index in [-0.39, 0.29) is 0 Å². The van der Waals surface area contributed by atoms with E-state index in [2.05, 4.69) is 5.32 Å². The molecule has 0 aliphatic heterocycles. The SMILES string of the molecule is CCCc1scc(C(F)(F)F)c1CCCNC. The van der Waals surface area contributed by atoms with Crippen molar-refractivity contribution in [1.29, 1.82) is 0 Å². The summed E-state index contributed by atoms with van der Waals surface area (Å²) in [6.45, 7) is 2.74. The molecule has 0 unspecified atom stereocenters. The third-order valence-corrected chi connectivity index (χ3v) is 3.71. The molecule has 0 saturated carbocycles. The van der Waals surface area contributed by atoms with Crippen molar-refractivity contribution in [3.05, 3.63) is 21.4 Å². The molecule has 1 rings (SSSR count). The molecule has 0 radical (unpaired) electrons. The fraction of sp³-hybridized carbons (Fsp3) is 0.667. The molecular weight excluding hydrogens is 247 g/mol. The van der Waals surface area contributed by atoms with Gasteiger partial charge in [0.2, 0.25) is 0 Å². The standard InChI is InChI=1S/C12H18F3NS/c1-3-5-11-9(6-4-7-16-2)10(8-17-11)12(13,14)15/h8,16H,3-7H2,1-2H3. The summed E-state index contributed by atoms with van der Waals surface area (Å²) in [7, 11) is 1.81. The smallest absolute Gasteiger partial charge is 0.320 e. The van der Waals surface area contributed by atoms with E-state index in [9.17, 15) is 13.2 Å². The molecule has 98 valence electrons. The fourth-order valence-electron chi connectivity index (χ4n) is 1.81. The predicted molar refractivity (Wildman–Crippen MR) is 65.6 cm³/mol. The average Bonchev–Trinajstić information content (AvgIpc) is 2.62. The summed E-state index contributed by atoms with van der Waals surface area (Å²) >= 11 is 1.25. The number of rotatable bonds is 6. The van der Waals surface area contributed by atoms with Gasteiger partial charge in [0.05, 0.1) is 5.56 Å². The van der Waals surface area contributed by atoms with Gasteiger partial charge in [-0.25, -0.2) is 0 Å². The monoisotopic (exact) mass is 265 g/mol. The maximum Gasteiger partial charge on any atom is 0.417 e. The van der Waals surface area contributed by atoms with Crippen LogP contribution < -0.4 is 5.32 Å². The number of aryl methyl sites for hydroxylation is 1. The minimum absolute atomic E-state index is 0.429. The molecule has 1 aromatic heterocycles. The Hall–Kier alpha value is -0.550. The maximum atomic E-state index is 12.8. The third-order valence-electron chi connectivity index (χ3n) is 2.62. The van der Waals surface area contributed by atoms with E-state index in [1.165, 1.54) is 16.7 Å². The van der Waals surface area contributed by atoms with Gasteiger partial charge in [-0.05, 0) is 38.4 Å². The second-order valence-electron chi connectivity index (χ2n) is 4.01. The van der Waals surface area contributed by atoms with Crippen LogP contribution in [-0.2, 0) is 19.0 Å². The molecule has 1 nitrogen and oxygen atoms in total. The van der Waals surface area contributed by atoms with Crippen molar-refractivity contribution in [2.75, 3.05) is 13.6 Å². The number of hydrogen-bond acceptors (Lipinski definition) is 2. The first-order chi connectivity index (χ1) is 8.00. The summed E-state index contributed by atoms with van der Waals surface area (Å²) in [5.41, 5.74) is 0.0849. The maximum absolute atomic E-state index is 12.8. The van der Waals surface area contributed by atoms with E-state index in [4.69, 9.17) is 0 Å². The largest absolute Gasteiger partial charge is 0.417 e. The summed E-state index contributed by atoms with van der Waals surface area (Å²) in [5.74, 6) is 0. The summed E-state index contributed by atoms with van der Waals surface area (Å²) in [5, 5.41) is 4.23. The van der Waals surface area contributed by atoms with Gasteiger partial charge in [0.15, 0.2) is 0 Å². The highest BCUT2D eigenvalue weighted by Gasteiger charge is 2.35. The van der Waals surface area contributed by atoms with E-state index in [1.54, 1.807) is 0 Å². The molecule has 0 saturated heterocycles. The van der Waals surface area contributed by atoms with E-state index in [1.807, 2.05) is 14.0 Å². The number of halogens is 3. The van der Waals surface area contributed by atoms with Crippen molar-refractivity contribution in [3.63, 3.8) is 0 Å². The van der Waals surface area contributed by atoms with Gasteiger partial charge in [-0.1, -0.05) is 13.3 Å². The first-order valence-electron chi connectivity index (χ1n) is 5.81. The molecule has 1 N–H and O–H groups in total. The Morgan fingerprint density at radius 1 is 1.29 bits per heavy atom. The fourth-order valence-corrected chi connectivity index (χ4v) is 3.03. The molecule has 0 fully saturated rings. The molecule has 1 aromatic rings. The molecule has 0 bridgehead atoms. The Kier molecular flexibility index (Phi) is 5.46. The van der Waals surface area contributed by atoms with E-state index >= 15 is 0 Å². The Bertz CT molecular complexity index is 344.